The van der Waals surface area contributed by atoms with Gasteiger partial charge in [0.1, 0.15) is 0 Å². The highest BCUT2D eigenvalue weighted by atomic mass is 35.5. The fraction of sp³-hybridized carbons (Fsp3) is 0.368. The molecule has 21 heavy (non-hydrogen) atoms. The summed E-state index contributed by atoms with van der Waals surface area (Å²) >= 11 is 6.10. The summed E-state index contributed by atoms with van der Waals surface area (Å²) < 4.78 is 0. The van der Waals surface area contributed by atoms with Crippen LogP contribution in [0, 0.1) is 5.41 Å². The van der Waals surface area contributed by atoms with Gasteiger partial charge in [-0.2, -0.15) is 0 Å². The molecule has 0 amide bonds. The number of nitrogens with one attached hydrogen (secondary N) is 1. The van der Waals surface area contributed by atoms with Crippen LogP contribution in [0.2, 0.25) is 5.02 Å². The Balaban J connectivity index is 2.24. The van der Waals surface area contributed by atoms with Crippen LogP contribution in [0.3, 0.4) is 0 Å². The maximum Gasteiger partial charge on any atom is 0.0409 e. The Hall–Kier alpha value is -1.31. The standard InChI is InChI=1S/C19H24ClN/c1-14(16-11-8-12-17(20)13-16)21-18(19(2,3)4)15-9-6-5-7-10-15/h5-14,18,21H,1-4H3. The van der Waals surface area contributed by atoms with Crippen LogP contribution < -0.4 is 5.32 Å². The molecule has 0 aliphatic heterocycles. The van der Waals surface area contributed by atoms with E-state index in [1.54, 1.807) is 0 Å². The van der Waals surface area contributed by atoms with E-state index in [4.69, 9.17) is 11.6 Å². The molecule has 0 radical (unpaired) electrons. The Kier molecular flexibility index (Phi) is 5.08. The second kappa shape index (κ2) is 6.64. The van der Waals surface area contributed by atoms with Crippen molar-refractivity contribution < 1.29 is 0 Å². The summed E-state index contributed by atoms with van der Waals surface area (Å²) in [6.45, 7) is 8.99. The maximum absolute atomic E-state index is 6.10. The minimum atomic E-state index is 0.133. The molecule has 0 spiro atoms. The summed E-state index contributed by atoms with van der Waals surface area (Å²) in [5.74, 6) is 0. The third kappa shape index (κ3) is 4.33. The van der Waals surface area contributed by atoms with Crippen molar-refractivity contribution in [1.82, 2.24) is 5.32 Å². The maximum atomic E-state index is 6.10. The summed E-state index contributed by atoms with van der Waals surface area (Å²) in [5, 5.41) is 4.54. The van der Waals surface area contributed by atoms with Crippen LogP contribution in [-0.2, 0) is 0 Å². The van der Waals surface area contributed by atoms with Gasteiger partial charge in [-0.1, -0.05) is 74.8 Å². The minimum absolute atomic E-state index is 0.133. The molecule has 2 aromatic carbocycles. The zero-order valence-corrected chi connectivity index (χ0v) is 14.0. The normalized spacial score (nSPS) is 14.7. The summed E-state index contributed by atoms with van der Waals surface area (Å²) in [7, 11) is 0. The van der Waals surface area contributed by atoms with Crippen molar-refractivity contribution in [3.8, 4) is 0 Å². The molecule has 112 valence electrons. The molecule has 2 rings (SSSR count). The number of hydrogen-bond donors (Lipinski definition) is 1. The second-order valence-electron chi connectivity index (χ2n) is 6.65. The van der Waals surface area contributed by atoms with Crippen LogP contribution in [0.4, 0.5) is 0 Å². The molecule has 0 fully saturated rings. The Bertz CT molecular complexity index is 572. The quantitative estimate of drug-likeness (QED) is 0.755. The van der Waals surface area contributed by atoms with Crippen molar-refractivity contribution in [2.45, 2.75) is 39.8 Å². The third-order valence-corrected chi connectivity index (χ3v) is 4.00. The van der Waals surface area contributed by atoms with Crippen LogP contribution in [0.1, 0.15) is 50.9 Å². The highest BCUT2D eigenvalue weighted by molar-refractivity contribution is 6.30. The first-order valence-electron chi connectivity index (χ1n) is 7.44. The summed E-state index contributed by atoms with van der Waals surface area (Å²) in [5.41, 5.74) is 2.67. The molecule has 0 heterocycles. The lowest BCUT2D eigenvalue weighted by atomic mass is 9.81. The third-order valence-electron chi connectivity index (χ3n) is 3.76. The van der Waals surface area contributed by atoms with Gasteiger partial charge in [-0.3, -0.25) is 0 Å². The molecular formula is C19H24ClN. The van der Waals surface area contributed by atoms with Gasteiger partial charge in [0.2, 0.25) is 0 Å². The van der Waals surface area contributed by atoms with Crippen molar-refractivity contribution in [2.75, 3.05) is 0 Å². The van der Waals surface area contributed by atoms with E-state index in [-0.39, 0.29) is 17.5 Å². The zero-order valence-electron chi connectivity index (χ0n) is 13.2. The first-order valence-corrected chi connectivity index (χ1v) is 7.82. The van der Waals surface area contributed by atoms with Gasteiger partial charge in [-0.15, -0.1) is 0 Å². The van der Waals surface area contributed by atoms with Gasteiger partial charge in [0.15, 0.2) is 0 Å². The number of hydrogen-bond acceptors (Lipinski definition) is 1. The van der Waals surface area contributed by atoms with E-state index in [1.165, 1.54) is 11.1 Å². The topological polar surface area (TPSA) is 12.0 Å². The lowest BCUT2D eigenvalue weighted by Crippen LogP contribution is -2.34. The van der Waals surface area contributed by atoms with E-state index in [1.807, 2.05) is 18.2 Å². The lowest BCUT2D eigenvalue weighted by Gasteiger charge is -2.34. The van der Waals surface area contributed by atoms with E-state index >= 15 is 0 Å². The predicted octanol–water partition coefficient (Wildman–Crippen LogP) is 5.78. The molecule has 1 N–H and O–H groups in total. The van der Waals surface area contributed by atoms with Crippen LogP contribution in [-0.4, -0.2) is 0 Å². The van der Waals surface area contributed by atoms with Crippen molar-refractivity contribution >= 4 is 11.6 Å². The van der Waals surface area contributed by atoms with Crippen molar-refractivity contribution in [3.63, 3.8) is 0 Å². The van der Waals surface area contributed by atoms with Crippen LogP contribution in [0.25, 0.3) is 0 Å². The fourth-order valence-electron chi connectivity index (χ4n) is 2.61. The van der Waals surface area contributed by atoms with Gasteiger partial charge in [-0.25, -0.2) is 0 Å². The highest BCUT2D eigenvalue weighted by Crippen LogP contribution is 2.35. The van der Waals surface area contributed by atoms with Crippen LogP contribution in [0.5, 0.6) is 0 Å². The van der Waals surface area contributed by atoms with E-state index in [9.17, 15) is 0 Å². The molecule has 0 aromatic heterocycles. The zero-order chi connectivity index (χ0) is 15.5. The molecule has 0 saturated carbocycles. The molecule has 2 aromatic rings. The van der Waals surface area contributed by atoms with Crippen molar-refractivity contribution in [1.29, 1.82) is 0 Å². The monoisotopic (exact) mass is 301 g/mol. The average Bonchev–Trinajstić information content (AvgIpc) is 2.44. The Labute approximate surface area is 133 Å². The van der Waals surface area contributed by atoms with Gasteiger partial charge < -0.3 is 5.32 Å². The first kappa shape index (κ1) is 16.1. The van der Waals surface area contributed by atoms with Gasteiger partial charge in [0.05, 0.1) is 0 Å². The fourth-order valence-corrected chi connectivity index (χ4v) is 2.81. The molecule has 2 unspecified atom stereocenters. The number of rotatable bonds is 4. The van der Waals surface area contributed by atoms with Crippen molar-refractivity contribution in [2.24, 2.45) is 5.41 Å². The smallest absolute Gasteiger partial charge is 0.0409 e. The molecule has 0 bridgehead atoms. The minimum Gasteiger partial charge on any atom is -0.303 e. The molecule has 0 aliphatic carbocycles. The number of benzene rings is 2. The molecule has 2 atom stereocenters. The van der Waals surface area contributed by atoms with E-state index in [0.29, 0.717) is 0 Å². The molecule has 0 saturated heterocycles. The first-order chi connectivity index (χ1) is 9.88. The molecular weight excluding hydrogens is 278 g/mol. The summed E-state index contributed by atoms with van der Waals surface area (Å²) in [4.78, 5) is 0. The lowest BCUT2D eigenvalue weighted by molar-refractivity contribution is 0.254. The van der Waals surface area contributed by atoms with E-state index < -0.39 is 0 Å². The Morgan fingerprint density at radius 3 is 2.10 bits per heavy atom. The van der Waals surface area contributed by atoms with Gasteiger partial charge in [-0.05, 0) is 35.6 Å². The van der Waals surface area contributed by atoms with Crippen LogP contribution >= 0.6 is 11.6 Å². The molecule has 2 heteroatoms. The molecule has 1 nitrogen and oxygen atoms in total. The Morgan fingerprint density at radius 2 is 1.52 bits per heavy atom. The van der Waals surface area contributed by atoms with Crippen molar-refractivity contribution in [3.05, 3.63) is 70.7 Å². The van der Waals surface area contributed by atoms with Crippen LogP contribution in [0.15, 0.2) is 54.6 Å². The van der Waals surface area contributed by atoms with Gasteiger partial charge >= 0.3 is 0 Å². The predicted molar refractivity (Wildman–Crippen MR) is 91.6 cm³/mol. The average molecular weight is 302 g/mol. The number of halogens is 1. The SMILES string of the molecule is CC(NC(c1ccccc1)C(C)(C)C)c1cccc(Cl)c1. The second-order valence-corrected chi connectivity index (χ2v) is 7.09. The summed E-state index contributed by atoms with van der Waals surface area (Å²) in [6, 6.07) is 19.2. The van der Waals surface area contributed by atoms with E-state index in [2.05, 4.69) is 69.4 Å². The summed E-state index contributed by atoms with van der Waals surface area (Å²) in [6.07, 6.45) is 0. The highest BCUT2D eigenvalue weighted by Gasteiger charge is 2.27. The largest absolute Gasteiger partial charge is 0.303 e. The van der Waals surface area contributed by atoms with E-state index in [0.717, 1.165) is 5.02 Å². The van der Waals surface area contributed by atoms with Gasteiger partial charge in [0, 0.05) is 17.1 Å². The molecule has 0 aliphatic rings. The Morgan fingerprint density at radius 1 is 0.905 bits per heavy atom. The van der Waals surface area contributed by atoms with Gasteiger partial charge in [0.25, 0.3) is 0 Å².